The molecule has 1 heterocycles. The van der Waals surface area contributed by atoms with Crippen LogP contribution in [0.25, 0.3) is 0 Å². The quantitative estimate of drug-likeness (QED) is 0.774. The molecule has 1 atom stereocenters. The number of hydrogen-bond acceptors (Lipinski definition) is 3. The summed E-state index contributed by atoms with van der Waals surface area (Å²) in [6.07, 6.45) is 2.32. The van der Waals surface area contributed by atoms with Gasteiger partial charge >= 0.3 is 0 Å². The molecule has 1 aliphatic rings. The van der Waals surface area contributed by atoms with Crippen LogP contribution in [0.2, 0.25) is 0 Å². The number of aliphatic imine (C=N–C) groups is 1. The van der Waals surface area contributed by atoms with Gasteiger partial charge in [-0.1, -0.05) is 26.0 Å². The van der Waals surface area contributed by atoms with Gasteiger partial charge in [0.2, 0.25) is 0 Å². The lowest BCUT2D eigenvalue weighted by Crippen LogP contribution is -2.49. The largest absolute Gasteiger partial charge is 0.352 e. The second kappa shape index (κ2) is 4.66. The normalized spacial score (nSPS) is 19.0. The Morgan fingerprint density at radius 2 is 1.94 bits per heavy atom. The topological polar surface area (TPSA) is 18.8 Å². The molecule has 0 amide bonds. The minimum Gasteiger partial charge on any atom is -0.352 e. The molecule has 3 nitrogen and oxygen atoms in total. The minimum absolute atomic E-state index is 0.282. The summed E-state index contributed by atoms with van der Waals surface area (Å²) in [6.45, 7) is 6.46. The standard InChI is InChI=1S/C13H19N3/c1-4-16(5-2)13-10-14-11-8-6-7-9-12(11)15(13)3/h6-10,13H,4-5H2,1-3H3. The first kappa shape index (κ1) is 11.1. The summed E-state index contributed by atoms with van der Waals surface area (Å²) in [7, 11) is 2.13. The van der Waals surface area contributed by atoms with E-state index in [0.29, 0.717) is 0 Å². The van der Waals surface area contributed by atoms with Gasteiger partial charge in [-0.2, -0.15) is 0 Å². The van der Waals surface area contributed by atoms with Gasteiger partial charge < -0.3 is 4.90 Å². The van der Waals surface area contributed by atoms with E-state index in [2.05, 4.69) is 53.9 Å². The van der Waals surface area contributed by atoms with Crippen LogP contribution in [0.15, 0.2) is 29.3 Å². The summed E-state index contributed by atoms with van der Waals surface area (Å²) in [5.41, 5.74) is 2.27. The average molecular weight is 217 g/mol. The van der Waals surface area contributed by atoms with Gasteiger partial charge in [-0.15, -0.1) is 0 Å². The minimum atomic E-state index is 0.282. The number of nitrogens with zero attached hydrogens (tertiary/aromatic N) is 3. The van der Waals surface area contributed by atoms with Gasteiger partial charge in [-0.25, -0.2) is 0 Å². The molecular weight excluding hydrogens is 198 g/mol. The molecule has 2 rings (SSSR count). The monoisotopic (exact) mass is 217 g/mol. The number of rotatable bonds is 3. The summed E-state index contributed by atoms with van der Waals surface area (Å²) >= 11 is 0. The van der Waals surface area contributed by atoms with Gasteiger partial charge in [0.25, 0.3) is 0 Å². The second-order valence-electron chi connectivity index (χ2n) is 4.01. The van der Waals surface area contributed by atoms with Gasteiger partial charge in [0.05, 0.1) is 11.4 Å². The highest BCUT2D eigenvalue weighted by Gasteiger charge is 2.23. The Bertz CT molecular complexity index is 383. The molecule has 0 radical (unpaired) electrons. The Morgan fingerprint density at radius 3 is 2.62 bits per heavy atom. The molecular formula is C13H19N3. The first-order valence-corrected chi connectivity index (χ1v) is 5.88. The first-order chi connectivity index (χ1) is 7.77. The van der Waals surface area contributed by atoms with Crippen LogP contribution in [0.5, 0.6) is 0 Å². The number of para-hydroxylation sites is 2. The fourth-order valence-corrected chi connectivity index (χ4v) is 2.20. The summed E-state index contributed by atoms with van der Waals surface area (Å²) < 4.78 is 0. The Labute approximate surface area is 97.4 Å². The van der Waals surface area contributed by atoms with Crippen LogP contribution in [0.3, 0.4) is 0 Å². The maximum absolute atomic E-state index is 4.53. The molecule has 0 fully saturated rings. The Hall–Kier alpha value is -1.35. The maximum atomic E-state index is 4.53. The Kier molecular flexibility index (Phi) is 3.25. The molecule has 1 aromatic carbocycles. The second-order valence-corrected chi connectivity index (χ2v) is 4.01. The van der Waals surface area contributed by atoms with Crippen molar-refractivity contribution in [3.63, 3.8) is 0 Å². The summed E-state index contributed by atoms with van der Waals surface area (Å²) in [5.74, 6) is 0. The number of fused-ring (bicyclic) bond motifs is 1. The molecule has 16 heavy (non-hydrogen) atoms. The highest BCUT2D eigenvalue weighted by Crippen LogP contribution is 2.31. The first-order valence-electron chi connectivity index (χ1n) is 5.88. The van der Waals surface area contributed by atoms with E-state index in [1.807, 2.05) is 12.3 Å². The van der Waals surface area contributed by atoms with Gasteiger partial charge in [-0.05, 0) is 25.2 Å². The van der Waals surface area contributed by atoms with Crippen LogP contribution in [0, 0.1) is 0 Å². The van der Waals surface area contributed by atoms with Crippen molar-refractivity contribution in [1.29, 1.82) is 0 Å². The molecule has 0 spiro atoms. The molecule has 3 heteroatoms. The molecule has 0 aromatic heterocycles. The van der Waals surface area contributed by atoms with E-state index in [9.17, 15) is 0 Å². The van der Waals surface area contributed by atoms with E-state index in [4.69, 9.17) is 0 Å². The molecule has 0 bridgehead atoms. The van der Waals surface area contributed by atoms with Gasteiger partial charge in [0.1, 0.15) is 6.17 Å². The lowest BCUT2D eigenvalue weighted by Gasteiger charge is -2.38. The smallest absolute Gasteiger partial charge is 0.118 e. The van der Waals surface area contributed by atoms with Crippen molar-refractivity contribution >= 4 is 17.6 Å². The molecule has 1 unspecified atom stereocenters. The zero-order chi connectivity index (χ0) is 11.5. The zero-order valence-corrected chi connectivity index (χ0v) is 10.2. The van der Waals surface area contributed by atoms with Gasteiger partial charge in [0.15, 0.2) is 0 Å². The van der Waals surface area contributed by atoms with Crippen molar-refractivity contribution in [3.05, 3.63) is 24.3 Å². The van der Waals surface area contributed by atoms with E-state index >= 15 is 0 Å². The molecule has 0 saturated heterocycles. The van der Waals surface area contributed by atoms with E-state index in [1.54, 1.807) is 0 Å². The van der Waals surface area contributed by atoms with Crippen molar-refractivity contribution in [2.75, 3.05) is 25.0 Å². The van der Waals surface area contributed by atoms with Crippen LogP contribution in [0.4, 0.5) is 11.4 Å². The van der Waals surface area contributed by atoms with E-state index in [1.165, 1.54) is 5.69 Å². The number of benzene rings is 1. The molecule has 86 valence electrons. The third-order valence-corrected chi connectivity index (χ3v) is 3.19. The van der Waals surface area contributed by atoms with Crippen molar-refractivity contribution in [2.24, 2.45) is 4.99 Å². The fourth-order valence-electron chi connectivity index (χ4n) is 2.20. The summed E-state index contributed by atoms with van der Waals surface area (Å²) in [4.78, 5) is 9.21. The van der Waals surface area contributed by atoms with E-state index < -0.39 is 0 Å². The molecule has 0 N–H and O–H groups in total. The maximum Gasteiger partial charge on any atom is 0.118 e. The third-order valence-electron chi connectivity index (χ3n) is 3.19. The van der Waals surface area contributed by atoms with Crippen LogP contribution in [0.1, 0.15) is 13.8 Å². The van der Waals surface area contributed by atoms with Crippen molar-refractivity contribution < 1.29 is 0 Å². The summed E-state index contributed by atoms with van der Waals surface area (Å²) in [6, 6.07) is 8.28. The molecule has 0 aliphatic carbocycles. The predicted octanol–water partition coefficient (Wildman–Crippen LogP) is 2.51. The van der Waals surface area contributed by atoms with E-state index in [-0.39, 0.29) is 6.17 Å². The van der Waals surface area contributed by atoms with Gasteiger partial charge in [0, 0.05) is 13.3 Å². The van der Waals surface area contributed by atoms with Crippen molar-refractivity contribution in [3.8, 4) is 0 Å². The highest BCUT2D eigenvalue weighted by molar-refractivity contribution is 5.83. The summed E-state index contributed by atoms with van der Waals surface area (Å²) in [5, 5.41) is 0. The average Bonchev–Trinajstić information content (AvgIpc) is 2.34. The number of hydrogen-bond donors (Lipinski definition) is 0. The van der Waals surface area contributed by atoms with Crippen molar-refractivity contribution in [1.82, 2.24) is 4.90 Å². The Balaban J connectivity index is 2.30. The third kappa shape index (κ3) is 1.83. The van der Waals surface area contributed by atoms with Crippen LogP contribution in [-0.2, 0) is 0 Å². The Morgan fingerprint density at radius 1 is 1.25 bits per heavy atom. The predicted molar refractivity (Wildman–Crippen MR) is 69.7 cm³/mol. The molecule has 1 aromatic rings. The van der Waals surface area contributed by atoms with Crippen LogP contribution in [-0.4, -0.2) is 37.4 Å². The van der Waals surface area contributed by atoms with Gasteiger partial charge in [-0.3, -0.25) is 9.89 Å². The lowest BCUT2D eigenvalue weighted by atomic mass is 10.2. The SMILES string of the molecule is CCN(CC)C1C=Nc2ccccc2N1C. The fraction of sp³-hybridized carbons (Fsp3) is 0.462. The van der Waals surface area contributed by atoms with E-state index in [0.717, 1.165) is 18.8 Å². The zero-order valence-electron chi connectivity index (χ0n) is 10.2. The molecule has 0 saturated carbocycles. The highest BCUT2D eigenvalue weighted by atomic mass is 15.4. The van der Waals surface area contributed by atoms with Crippen molar-refractivity contribution in [2.45, 2.75) is 20.0 Å². The van der Waals surface area contributed by atoms with Crippen LogP contribution < -0.4 is 4.90 Å². The molecule has 1 aliphatic heterocycles. The lowest BCUT2D eigenvalue weighted by molar-refractivity contribution is 0.268. The van der Waals surface area contributed by atoms with Crippen LogP contribution >= 0.6 is 0 Å². The number of anilines is 1.